The first-order valence-electron chi connectivity index (χ1n) is 7.92. The van der Waals surface area contributed by atoms with Gasteiger partial charge in [-0.05, 0) is 31.0 Å². The molecule has 2 N–H and O–H groups in total. The molecule has 122 valence electrons. The van der Waals surface area contributed by atoms with Crippen LogP contribution < -0.4 is 10.6 Å². The molecule has 0 fully saturated rings. The second-order valence-corrected chi connectivity index (χ2v) is 5.33. The summed E-state index contributed by atoms with van der Waals surface area (Å²) in [6.07, 6.45) is 2.32. The van der Waals surface area contributed by atoms with Crippen molar-refractivity contribution < 1.29 is 4.79 Å². The quantitative estimate of drug-likeness (QED) is 0.601. The molecule has 1 aromatic rings. The molecule has 5 heteroatoms. The number of nitrogens with one attached hydrogen (secondary N) is 2. The molecule has 0 heterocycles. The van der Waals surface area contributed by atoms with E-state index < -0.39 is 0 Å². The van der Waals surface area contributed by atoms with Crippen LogP contribution in [-0.2, 0) is 11.3 Å². The number of amides is 1. The summed E-state index contributed by atoms with van der Waals surface area (Å²) >= 11 is 0. The molecule has 0 saturated heterocycles. The molecule has 22 heavy (non-hydrogen) atoms. The summed E-state index contributed by atoms with van der Waals surface area (Å²) in [4.78, 5) is 17.9. The van der Waals surface area contributed by atoms with Gasteiger partial charge in [-0.25, -0.2) is 4.99 Å². The minimum atomic E-state index is -0.0618. The molecular weight excluding hydrogens is 276 g/mol. The third-order valence-corrected chi connectivity index (χ3v) is 3.20. The van der Waals surface area contributed by atoms with Crippen LogP contribution in [0.5, 0.6) is 0 Å². The number of hydrogen-bond acceptors (Lipinski definition) is 2. The van der Waals surface area contributed by atoms with Crippen LogP contribution in [0.3, 0.4) is 0 Å². The van der Waals surface area contributed by atoms with Crippen LogP contribution in [0, 0.1) is 0 Å². The van der Waals surface area contributed by atoms with Gasteiger partial charge in [0.15, 0.2) is 5.96 Å². The lowest BCUT2D eigenvalue weighted by atomic mass is 10.2. The lowest BCUT2D eigenvalue weighted by molar-refractivity contribution is -0.114. The normalized spacial score (nSPS) is 11.2. The van der Waals surface area contributed by atoms with Crippen LogP contribution in [0.1, 0.15) is 39.2 Å². The van der Waals surface area contributed by atoms with Crippen LogP contribution in [0.15, 0.2) is 29.3 Å². The summed E-state index contributed by atoms with van der Waals surface area (Å²) in [6, 6.07) is 7.79. The standard InChI is InChI=1S/C17H28N4O/c1-5-7-11-21(4)17(18-6-2)19-13-15-9-8-10-16(12-15)20-14(3)22/h8-10,12H,5-7,11,13H2,1-4H3,(H,18,19)(H,20,22). The largest absolute Gasteiger partial charge is 0.357 e. The number of hydrogen-bond donors (Lipinski definition) is 2. The molecule has 1 rings (SSSR count). The van der Waals surface area contributed by atoms with Crippen molar-refractivity contribution in [2.45, 2.75) is 40.2 Å². The van der Waals surface area contributed by atoms with Gasteiger partial charge in [0.05, 0.1) is 6.54 Å². The maximum absolute atomic E-state index is 11.1. The molecule has 0 aromatic heterocycles. The van der Waals surface area contributed by atoms with Gasteiger partial charge in [-0.2, -0.15) is 0 Å². The zero-order chi connectivity index (χ0) is 16.4. The summed E-state index contributed by atoms with van der Waals surface area (Å²) < 4.78 is 0. The number of benzene rings is 1. The zero-order valence-electron chi connectivity index (χ0n) is 14.1. The molecule has 1 amide bonds. The Bertz CT molecular complexity index is 499. The topological polar surface area (TPSA) is 56.7 Å². The van der Waals surface area contributed by atoms with Crippen molar-refractivity contribution in [1.82, 2.24) is 10.2 Å². The van der Waals surface area contributed by atoms with Crippen LogP contribution in [0.2, 0.25) is 0 Å². The average Bonchev–Trinajstić information content (AvgIpc) is 2.48. The van der Waals surface area contributed by atoms with Crippen molar-refractivity contribution in [1.29, 1.82) is 0 Å². The molecule has 0 unspecified atom stereocenters. The maximum atomic E-state index is 11.1. The average molecular weight is 304 g/mol. The number of anilines is 1. The summed E-state index contributed by atoms with van der Waals surface area (Å²) in [5.74, 6) is 0.856. The van der Waals surface area contributed by atoms with E-state index >= 15 is 0 Å². The molecule has 0 aliphatic heterocycles. The van der Waals surface area contributed by atoms with E-state index in [4.69, 9.17) is 0 Å². The van der Waals surface area contributed by atoms with E-state index in [0.717, 1.165) is 36.7 Å². The van der Waals surface area contributed by atoms with E-state index in [9.17, 15) is 4.79 Å². The van der Waals surface area contributed by atoms with Gasteiger partial charge in [0, 0.05) is 32.7 Å². The van der Waals surface area contributed by atoms with E-state index in [1.54, 1.807) is 0 Å². The fourth-order valence-electron chi connectivity index (χ4n) is 2.09. The number of nitrogens with zero attached hydrogens (tertiary/aromatic N) is 2. The van der Waals surface area contributed by atoms with E-state index in [1.165, 1.54) is 13.3 Å². The molecule has 0 aliphatic carbocycles. The first-order chi connectivity index (χ1) is 10.6. The number of unbranched alkanes of at least 4 members (excludes halogenated alkanes) is 1. The predicted molar refractivity (Wildman–Crippen MR) is 93.1 cm³/mol. The number of carbonyl (C=O) groups is 1. The van der Waals surface area contributed by atoms with Gasteiger partial charge in [0.25, 0.3) is 0 Å². The summed E-state index contributed by atoms with van der Waals surface area (Å²) in [6.45, 7) is 8.20. The first-order valence-corrected chi connectivity index (χ1v) is 7.92. The fraction of sp³-hybridized carbons (Fsp3) is 0.529. The Morgan fingerprint density at radius 3 is 2.73 bits per heavy atom. The third kappa shape index (κ3) is 6.61. The molecule has 1 aromatic carbocycles. The Morgan fingerprint density at radius 1 is 1.32 bits per heavy atom. The van der Waals surface area contributed by atoms with Crippen molar-refractivity contribution in [3.8, 4) is 0 Å². The van der Waals surface area contributed by atoms with Gasteiger partial charge in [-0.1, -0.05) is 25.5 Å². The van der Waals surface area contributed by atoms with Gasteiger partial charge in [0.1, 0.15) is 0 Å². The monoisotopic (exact) mass is 304 g/mol. The Balaban J connectivity index is 2.74. The van der Waals surface area contributed by atoms with Gasteiger partial charge in [0.2, 0.25) is 5.91 Å². The molecule has 0 aliphatic rings. The second kappa shape index (κ2) is 9.82. The molecule has 0 bridgehead atoms. The number of rotatable bonds is 7. The van der Waals surface area contributed by atoms with Crippen molar-refractivity contribution >= 4 is 17.6 Å². The van der Waals surface area contributed by atoms with Gasteiger partial charge in [-0.3, -0.25) is 4.79 Å². The molecular formula is C17H28N4O. The summed E-state index contributed by atoms with van der Waals surface area (Å²) in [5, 5.41) is 6.11. The van der Waals surface area contributed by atoms with Crippen molar-refractivity contribution in [2.24, 2.45) is 4.99 Å². The highest BCUT2D eigenvalue weighted by Gasteiger charge is 2.05. The predicted octanol–water partition coefficient (Wildman–Crippen LogP) is 2.84. The molecule has 0 atom stereocenters. The highest BCUT2D eigenvalue weighted by molar-refractivity contribution is 5.88. The van der Waals surface area contributed by atoms with Crippen LogP contribution in [-0.4, -0.2) is 36.9 Å². The maximum Gasteiger partial charge on any atom is 0.221 e. The van der Waals surface area contributed by atoms with E-state index in [0.29, 0.717) is 6.54 Å². The number of guanidine groups is 1. The van der Waals surface area contributed by atoms with E-state index in [1.807, 2.05) is 24.3 Å². The SMILES string of the molecule is CCCCN(C)C(=NCc1cccc(NC(C)=O)c1)NCC. The highest BCUT2D eigenvalue weighted by atomic mass is 16.1. The highest BCUT2D eigenvalue weighted by Crippen LogP contribution is 2.11. The second-order valence-electron chi connectivity index (χ2n) is 5.33. The lowest BCUT2D eigenvalue weighted by Crippen LogP contribution is -2.39. The minimum Gasteiger partial charge on any atom is -0.357 e. The van der Waals surface area contributed by atoms with Gasteiger partial charge >= 0.3 is 0 Å². The Kier molecular flexibility index (Phi) is 8.04. The van der Waals surface area contributed by atoms with Crippen LogP contribution in [0.4, 0.5) is 5.69 Å². The Morgan fingerprint density at radius 2 is 2.09 bits per heavy atom. The van der Waals surface area contributed by atoms with Gasteiger partial charge in [-0.15, -0.1) is 0 Å². The Hall–Kier alpha value is -2.04. The van der Waals surface area contributed by atoms with Crippen LogP contribution >= 0.6 is 0 Å². The first kappa shape index (κ1) is 18.0. The summed E-state index contributed by atoms with van der Waals surface area (Å²) in [7, 11) is 2.06. The smallest absolute Gasteiger partial charge is 0.221 e. The van der Waals surface area contributed by atoms with Crippen molar-refractivity contribution in [2.75, 3.05) is 25.5 Å². The molecule has 0 radical (unpaired) electrons. The molecule has 5 nitrogen and oxygen atoms in total. The number of carbonyl (C=O) groups excluding carboxylic acids is 1. The van der Waals surface area contributed by atoms with E-state index in [2.05, 4.69) is 41.4 Å². The fourth-order valence-corrected chi connectivity index (χ4v) is 2.09. The van der Waals surface area contributed by atoms with Crippen molar-refractivity contribution in [3.63, 3.8) is 0 Å². The van der Waals surface area contributed by atoms with Gasteiger partial charge < -0.3 is 15.5 Å². The molecule has 0 saturated carbocycles. The zero-order valence-corrected chi connectivity index (χ0v) is 14.1. The molecule has 0 spiro atoms. The van der Waals surface area contributed by atoms with Crippen molar-refractivity contribution in [3.05, 3.63) is 29.8 Å². The van der Waals surface area contributed by atoms with E-state index in [-0.39, 0.29) is 5.91 Å². The minimum absolute atomic E-state index is 0.0618. The number of aliphatic imine (C=N–C) groups is 1. The summed E-state index contributed by atoms with van der Waals surface area (Å²) in [5.41, 5.74) is 1.88. The lowest BCUT2D eigenvalue weighted by Gasteiger charge is -2.21. The Labute approximate surface area is 133 Å². The van der Waals surface area contributed by atoms with Crippen LogP contribution in [0.25, 0.3) is 0 Å². The third-order valence-electron chi connectivity index (χ3n) is 3.20.